The molecule has 0 spiro atoms. The Hall–Kier alpha value is -1.43. The smallest absolute Gasteiger partial charge is 0.325 e. The number of carboxylic acid groups (broad SMARTS) is 1. The summed E-state index contributed by atoms with van der Waals surface area (Å²) >= 11 is 0. The van der Waals surface area contributed by atoms with Crippen molar-refractivity contribution in [3.8, 4) is 0 Å². The van der Waals surface area contributed by atoms with Crippen LogP contribution >= 0.6 is 0 Å². The van der Waals surface area contributed by atoms with E-state index in [-0.39, 0.29) is 13.0 Å². The summed E-state index contributed by atoms with van der Waals surface area (Å²) in [7, 11) is 0. The standard InChI is InChI=1S/C12H15F2NO3/c1-2-12(13,14)7-15-5-3-9-8(4-6-18-9)10(15)11(16)17/h4,6,10H,2-3,5,7H2,1H3,(H,16,17)/t10-/m1/s1. The molecule has 1 aliphatic rings. The highest BCUT2D eigenvalue weighted by Crippen LogP contribution is 2.33. The zero-order valence-corrected chi connectivity index (χ0v) is 10.0. The number of rotatable bonds is 4. The molecule has 0 unspecified atom stereocenters. The van der Waals surface area contributed by atoms with Crippen LogP contribution in [0.15, 0.2) is 16.7 Å². The minimum Gasteiger partial charge on any atom is -0.480 e. The van der Waals surface area contributed by atoms with Crippen LogP contribution in [0.25, 0.3) is 0 Å². The van der Waals surface area contributed by atoms with Gasteiger partial charge in [0.2, 0.25) is 0 Å². The van der Waals surface area contributed by atoms with Crippen molar-refractivity contribution in [2.75, 3.05) is 13.1 Å². The van der Waals surface area contributed by atoms with Crippen LogP contribution in [0.5, 0.6) is 0 Å². The average Bonchev–Trinajstić information content (AvgIpc) is 2.75. The molecule has 0 saturated heterocycles. The summed E-state index contributed by atoms with van der Waals surface area (Å²) in [6.07, 6.45) is 1.57. The van der Waals surface area contributed by atoms with E-state index < -0.39 is 24.5 Å². The summed E-state index contributed by atoms with van der Waals surface area (Å²) in [6, 6.07) is 0.509. The van der Waals surface area contributed by atoms with Crippen molar-refractivity contribution in [1.29, 1.82) is 0 Å². The number of aliphatic carboxylic acids is 1. The summed E-state index contributed by atoms with van der Waals surface area (Å²) in [5.74, 6) is -3.41. The number of hydrogen-bond acceptors (Lipinski definition) is 3. The molecule has 1 aromatic rings. The van der Waals surface area contributed by atoms with Gasteiger partial charge in [-0.15, -0.1) is 0 Å². The van der Waals surface area contributed by atoms with Gasteiger partial charge in [-0.3, -0.25) is 9.69 Å². The van der Waals surface area contributed by atoms with E-state index in [9.17, 15) is 18.7 Å². The Morgan fingerprint density at radius 2 is 2.39 bits per heavy atom. The molecule has 6 heteroatoms. The van der Waals surface area contributed by atoms with E-state index >= 15 is 0 Å². The van der Waals surface area contributed by atoms with Crippen LogP contribution in [0, 0.1) is 0 Å². The third kappa shape index (κ3) is 2.38. The van der Waals surface area contributed by atoms with E-state index in [1.807, 2.05) is 0 Å². The van der Waals surface area contributed by atoms with E-state index in [4.69, 9.17) is 4.42 Å². The topological polar surface area (TPSA) is 53.7 Å². The van der Waals surface area contributed by atoms with Crippen LogP contribution in [0.3, 0.4) is 0 Å². The highest BCUT2D eigenvalue weighted by molar-refractivity contribution is 5.76. The van der Waals surface area contributed by atoms with Gasteiger partial charge in [0.1, 0.15) is 11.8 Å². The van der Waals surface area contributed by atoms with Crippen LogP contribution in [0.1, 0.15) is 30.7 Å². The minimum absolute atomic E-state index is 0.271. The number of fused-ring (bicyclic) bond motifs is 1. The molecule has 0 aromatic carbocycles. The van der Waals surface area contributed by atoms with Gasteiger partial charge in [-0.2, -0.15) is 0 Å². The van der Waals surface area contributed by atoms with Gasteiger partial charge in [0, 0.05) is 24.9 Å². The first-order chi connectivity index (χ1) is 8.44. The summed E-state index contributed by atoms with van der Waals surface area (Å²) in [5, 5.41) is 9.22. The molecule has 4 nitrogen and oxygen atoms in total. The van der Waals surface area contributed by atoms with Crippen molar-refractivity contribution in [1.82, 2.24) is 4.90 Å². The maximum absolute atomic E-state index is 13.4. The van der Waals surface area contributed by atoms with E-state index in [0.717, 1.165) is 0 Å². The molecule has 1 N–H and O–H groups in total. The fourth-order valence-electron chi connectivity index (χ4n) is 2.24. The van der Waals surface area contributed by atoms with E-state index in [1.165, 1.54) is 18.1 Å². The fraction of sp³-hybridized carbons (Fsp3) is 0.583. The third-order valence-electron chi connectivity index (χ3n) is 3.25. The number of hydrogen-bond donors (Lipinski definition) is 1. The molecule has 1 aliphatic heterocycles. The number of halogens is 2. The van der Waals surface area contributed by atoms with Crippen LogP contribution < -0.4 is 0 Å². The Labute approximate surface area is 103 Å². The number of carboxylic acids is 1. The first-order valence-corrected chi connectivity index (χ1v) is 5.85. The van der Waals surface area contributed by atoms with Gasteiger partial charge >= 0.3 is 5.97 Å². The molecule has 0 bridgehead atoms. The maximum atomic E-state index is 13.4. The van der Waals surface area contributed by atoms with Crippen LogP contribution in [-0.2, 0) is 11.2 Å². The van der Waals surface area contributed by atoms with Gasteiger partial charge in [0.05, 0.1) is 12.8 Å². The lowest BCUT2D eigenvalue weighted by molar-refractivity contribution is -0.146. The maximum Gasteiger partial charge on any atom is 0.325 e. The quantitative estimate of drug-likeness (QED) is 0.901. The van der Waals surface area contributed by atoms with Gasteiger partial charge < -0.3 is 9.52 Å². The molecule has 0 amide bonds. The van der Waals surface area contributed by atoms with Crippen LogP contribution in [0.2, 0.25) is 0 Å². The first kappa shape index (κ1) is 13.0. The van der Waals surface area contributed by atoms with Crippen molar-refractivity contribution >= 4 is 5.97 Å². The molecule has 0 saturated carbocycles. The van der Waals surface area contributed by atoms with Gasteiger partial charge in [-0.25, -0.2) is 8.78 Å². The van der Waals surface area contributed by atoms with E-state index in [1.54, 1.807) is 6.07 Å². The number of nitrogens with zero attached hydrogens (tertiary/aromatic N) is 1. The lowest BCUT2D eigenvalue weighted by Crippen LogP contribution is -2.45. The monoisotopic (exact) mass is 259 g/mol. The molecule has 2 rings (SSSR count). The van der Waals surface area contributed by atoms with Gasteiger partial charge in [0.15, 0.2) is 0 Å². The molecule has 0 fully saturated rings. The second kappa shape index (κ2) is 4.68. The highest BCUT2D eigenvalue weighted by Gasteiger charge is 2.39. The van der Waals surface area contributed by atoms with E-state index in [2.05, 4.69) is 0 Å². The molecular weight excluding hydrogens is 244 g/mol. The fourth-order valence-corrected chi connectivity index (χ4v) is 2.24. The zero-order valence-electron chi connectivity index (χ0n) is 10.0. The molecular formula is C12H15F2NO3. The van der Waals surface area contributed by atoms with Gasteiger partial charge in [0.25, 0.3) is 5.92 Å². The van der Waals surface area contributed by atoms with Crippen LogP contribution in [0.4, 0.5) is 8.78 Å². The summed E-state index contributed by atoms with van der Waals surface area (Å²) in [4.78, 5) is 12.6. The Morgan fingerprint density at radius 1 is 1.67 bits per heavy atom. The number of alkyl halides is 2. The van der Waals surface area contributed by atoms with Gasteiger partial charge in [-0.1, -0.05) is 6.92 Å². The summed E-state index contributed by atoms with van der Waals surface area (Å²) in [6.45, 7) is 1.13. The average molecular weight is 259 g/mol. The highest BCUT2D eigenvalue weighted by atomic mass is 19.3. The largest absolute Gasteiger partial charge is 0.480 e. The van der Waals surface area contributed by atoms with Crippen molar-refractivity contribution in [3.05, 3.63) is 23.7 Å². The molecule has 18 heavy (non-hydrogen) atoms. The molecule has 0 radical (unpaired) electrons. The SMILES string of the molecule is CCC(F)(F)CN1CCc2occc2[C@@H]1C(=O)O. The molecule has 1 atom stereocenters. The molecule has 100 valence electrons. The third-order valence-corrected chi connectivity index (χ3v) is 3.25. The predicted molar refractivity (Wildman–Crippen MR) is 59.6 cm³/mol. The Bertz CT molecular complexity index is 444. The Kier molecular flexibility index (Phi) is 3.38. The second-order valence-electron chi connectivity index (χ2n) is 4.47. The summed E-state index contributed by atoms with van der Waals surface area (Å²) in [5.41, 5.74) is 0.487. The Balaban J connectivity index is 2.25. The lowest BCUT2D eigenvalue weighted by Gasteiger charge is -2.34. The molecule has 2 heterocycles. The lowest BCUT2D eigenvalue weighted by atomic mass is 9.98. The predicted octanol–water partition coefficient (Wildman–Crippen LogP) is 2.31. The minimum atomic E-state index is -2.87. The van der Waals surface area contributed by atoms with Crippen molar-refractivity contribution < 1.29 is 23.1 Å². The molecule has 0 aliphatic carbocycles. The normalized spacial score (nSPS) is 20.7. The molecule has 1 aromatic heterocycles. The van der Waals surface area contributed by atoms with Crippen molar-refractivity contribution in [2.45, 2.75) is 31.7 Å². The van der Waals surface area contributed by atoms with Gasteiger partial charge in [-0.05, 0) is 6.07 Å². The van der Waals surface area contributed by atoms with Crippen LogP contribution in [-0.4, -0.2) is 35.0 Å². The summed E-state index contributed by atoms with van der Waals surface area (Å²) < 4.78 is 32.0. The zero-order chi connectivity index (χ0) is 13.3. The number of carbonyl (C=O) groups is 1. The van der Waals surface area contributed by atoms with Crippen molar-refractivity contribution in [3.63, 3.8) is 0 Å². The van der Waals surface area contributed by atoms with Crippen molar-refractivity contribution in [2.24, 2.45) is 0 Å². The first-order valence-electron chi connectivity index (χ1n) is 5.85. The Morgan fingerprint density at radius 3 is 3.00 bits per heavy atom. The second-order valence-corrected chi connectivity index (χ2v) is 4.47. The number of furan rings is 1. The van der Waals surface area contributed by atoms with E-state index in [0.29, 0.717) is 17.7 Å².